The summed E-state index contributed by atoms with van der Waals surface area (Å²) in [6, 6.07) is 23.3. The average Bonchev–Trinajstić information content (AvgIpc) is 2.96. The molecule has 0 aliphatic carbocycles. The van der Waals surface area contributed by atoms with Gasteiger partial charge in [0.2, 0.25) is 0 Å². The Bertz CT molecular complexity index is 995. The van der Waals surface area contributed by atoms with Gasteiger partial charge in [0.05, 0.1) is 51.0 Å². The third-order valence-corrected chi connectivity index (χ3v) is 5.19. The highest BCUT2D eigenvalue weighted by atomic mass is 16.5. The molecule has 0 fully saturated rings. The van der Waals surface area contributed by atoms with E-state index in [1.54, 1.807) is 14.2 Å². The van der Waals surface area contributed by atoms with Crippen molar-refractivity contribution in [2.45, 2.75) is 0 Å². The lowest BCUT2D eigenvalue weighted by Crippen LogP contribution is -2.09. The van der Waals surface area contributed by atoms with E-state index < -0.39 is 0 Å². The fraction of sp³-hybridized carbons (Fsp3) is 0.333. The largest absolute Gasteiger partial charge is 0.491 e. The second kappa shape index (κ2) is 17.8. The molecule has 0 spiro atoms. The van der Waals surface area contributed by atoms with Crippen molar-refractivity contribution in [1.29, 1.82) is 0 Å². The van der Waals surface area contributed by atoms with E-state index in [2.05, 4.69) is 9.98 Å². The number of hydrogen-bond donors (Lipinski definition) is 0. The van der Waals surface area contributed by atoms with E-state index in [0.29, 0.717) is 52.9 Å². The molecule has 8 heteroatoms. The summed E-state index contributed by atoms with van der Waals surface area (Å²) < 4.78 is 32.0. The van der Waals surface area contributed by atoms with Gasteiger partial charge in [0.25, 0.3) is 0 Å². The summed E-state index contributed by atoms with van der Waals surface area (Å²) in [6.07, 6.45) is 3.65. The van der Waals surface area contributed by atoms with Gasteiger partial charge in [-0.3, -0.25) is 9.98 Å². The van der Waals surface area contributed by atoms with Gasteiger partial charge in [-0.1, -0.05) is 0 Å². The van der Waals surface area contributed by atoms with E-state index in [1.807, 2.05) is 85.2 Å². The first-order valence-corrected chi connectivity index (χ1v) is 12.5. The molecule has 3 rings (SSSR count). The maximum atomic E-state index is 5.67. The lowest BCUT2D eigenvalue weighted by molar-refractivity contribution is 0.0544. The third kappa shape index (κ3) is 11.7. The summed E-state index contributed by atoms with van der Waals surface area (Å²) in [5, 5.41) is 0. The molecular weight excluding hydrogens is 484 g/mol. The van der Waals surface area contributed by atoms with E-state index in [9.17, 15) is 0 Å². The third-order valence-electron chi connectivity index (χ3n) is 5.19. The SMILES string of the molecule is COCCOCCOc1ccc(C=Nc2ccc(N=Cc3ccc(OCCOCCOC)cc3)cc2)cc1. The Morgan fingerprint density at radius 2 is 0.842 bits per heavy atom. The number of ether oxygens (including phenoxy) is 6. The number of hydrogen-bond acceptors (Lipinski definition) is 8. The lowest BCUT2D eigenvalue weighted by atomic mass is 10.2. The van der Waals surface area contributed by atoms with Gasteiger partial charge in [-0.2, -0.15) is 0 Å². The highest BCUT2D eigenvalue weighted by Gasteiger charge is 1.97. The van der Waals surface area contributed by atoms with Gasteiger partial charge in [0, 0.05) is 26.6 Å². The van der Waals surface area contributed by atoms with E-state index in [1.165, 1.54) is 0 Å². The first-order valence-electron chi connectivity index (χ1n) is 12.5. The molecule has 0 N–H and O–H groups in total. The average molecular weight is 521 g/mol. The van der Waals surface area contributed by atoms with Gasteiger partial charge in [-0.05, 0) is 83.9 Å². The standard InChI is InChI=1S/C30H36N2O6/c1-33-15-17-35-19-21-37-29-11-3-25(4-12-29)23-31-27-7-9-28(10-8-27)32-24-26-5-13-30(14-6-26)38-22-20-36-18-16-34-2/h3-14,23-24H,15-22H2,1-2H3. The zero-order chi connectivity index (χ0) is 26.7. The minimum Gasteiger partial charge on any atom is -0.491 e. The van der Waals surface area contributed by atoms with Crippen LogP contribution in [0, 0.1) is 0 Å². The predicted octanol–water partition coefficient (Wildman–Crippen LogP) is 5.27. The van der Waals surface area contributed by atoms with E-state index >= 15 is 0 Å². The number of rotatable bonds is 18. The van der Waals surface area contributed by atoms with Crippen LogP contribution in [0.3, 0.4) is 0 Å². The van der Waals surface area contributed by atoms with Crippen LogP contribution in [0.5, 0.6) is 11.5 Å². The van der Waals surface area contributed by atoms with Gasteiger partial charge in [-0.25, -0.2) is 0 Å². The Morgan fingerprint density at radius 1 is 0.474 bits per heavy atom. The Morgan fingerprint density at radius 3 is 1.21 bits per heavy atom. The molecule has 0 saturated heterocycles. The molecule has 0 atom stereocenters. The minimum atomic E-state index is 0.498. The van der Waals surface area contributed by atoms with Crippen molar-refractivity contribution in [3.63, 3.8) is 0 Å². The van der Waals surface area contributed by atoms with Crippen LogP contribution in [-0.2, 0) is 18.9 Å². The maximum Gasteiger partial charge on any atom is 0.119 e. The molecule has 0 aliphatic rings. The highest BCUT2D eigenvalue weighted by molar-refractivity contribution is 5.83. The Hall–Kier alpha value is -3.56. The Kier molecular flexibility index (Phi) is 13.6. The zero-order valence-electron chi connectivity index (χ0n) is 22.1. The van der Waals surface area contributed by atoms with Crippen LogP contribution >= 0.6 is 0 Å². The molecule has 0 aromatic heterocycles. The van der Waals surface area contributed by atoms with E-state index in [0.717, 1.165) is 34.0 Å². The summed E-state index contributed by atoms with van der Waals surface area (Å²) in [5.41, 5.74) is 3.68. The first-order chi connectivity index (χ1) is 18.8. The molecule has 0 aliphatic heterocycles. The summed E-state index contributed by atoms with van der Waals surface area (Å²) >= 11 is 0. The summed E-state index contributed by atoms with van der Waals surface area (Å²) in [5.74, 6) is 1.59. The van der Waals surface area contributed by atoms with Crippen molar-refractivity contribution in [1.82, 2.24) is 0 Å². The molecule has 38 heavy (non-hydrogen) atoms. The minimum absolute atomic E-state index is 0.498. The van der Waals surface area contributed by atoms with Crippen LogP contribution in [0.2, 0.25) is 0 Å². The van der Waals surface area contributed by atoms with Crippen molar-refractivity contribution < 1.29 is 28.4 Å². The summed E-state index contributed by atoms with van der Waals surface area (Å²) in [6.45, 7) is 4.36. The Balaban J connectivity index is 1.39. The van der Waals surface area contributed by atoms with Gasteiger partial charge in [0.1, 0.15) is 24.7 Å². The predicted molar refractivity (Wildman–Crippen MR) is 150 cm³/mol. The van der Waals surface area contributed by atoms with Gasteiger partial charge >= 0.3 is 0 Å². The normalized spacial score (nSPS) is 11.4. The molecule has 202 valence electrons. The van der Waals surface area contributed by atoms with E-state index in [-0.39, 0.29) is 0 Å². The second-order valence-corrected chi connectivity index (χ2v) is 8.08. The summed E-state index contributed by atoms with van der Waals surface area (Å²) in [7, 11) is 3.30. The molecule has 3 aromatic rings. The maximum absolute atomic E-state index is 5.67. The van der Waals surface area contributed by atoms with Crippen LogP contribution in [0.25, 0.3) is 0 Å². The topological polar surface area (TPSA) is 80.1 Å². The van der Waals surface area contributed by atoms with Crippen LogP contribution < -0.4 is 9.47 Å². The lowest BCUT2D eigenvalue weighted by Gasteiger charge is -2.07. The molecule has 0 amide bonds. The zero-order valence-corrected chi connectivity index (χ0v) is 22.1. The molecule has 0 bridgehead atoms. The molecule has 8 nitrogen and oxygen atoms in total. The Labute approximate surface area is 224 Å². The van der Waals surface area contributed by atoms with Crippen molar-refractivity contribution >= 4 is 23.8 Å². The monoisotopic (exact) mass is 520 g/mol. The van der Waals surface area contributed by atoms with Crippen LogP contribution in [-0.4, -0.2) is 79.5 Å². The van der Waals surface area contributed by atoms with Crippen LogP contribution in [0.1, 0.15) is 11.1 Å². The van der Waals surface area contributed by atoms with Crippen molar-refractivity contribution in [2.75, 3.05) is 67.1 Å². The fourth-order valence-corrected chi connectivity index (χ4v) is 3.15. The van der Waals surface area contributed by atoms with Crippen LogP contribution in [0.15, 0.2) is 82.8 Å². The number of benzene rings is 3. The smallest absolute Gasteiger partial charge is 0.119 e. The molecule has 0 radical (unpaired) electrons. The highest BCUT2D eigenvalue weighted by Crippen LogP contribution is 2.19. The number of nitrogens with zero attached hydrogens (tertiary/aromatic N) is 2. The molecule has 3 aromatic carbocycles. The van der Waals surface area contributed by atoms with Crippen molar-refractivity contribution in [3.05, 3.63) is 83.9 Å². The fourth-order valence-electron chi connectivity index (χ4n) is 3.15. The second-order valence-electron chi connectivity index (χ2n) is 8.08. The number of methoxy groups -OCH3 is 2. The van der Waals surface area contributed by atoms with Gasteiger partial charge < -0.3 is 28.4 Å². The molecular formula is C30H36N2O6. The van der Waals surface area contributed by atoms with Crippen molar-refractivity contribution in [2.24, 2.45) is 9.98 Å². The quantitative estimate of drug-likeness (QED) is 0.168. The van der Waals surface area contributed by atoms with Gasteiger partial charge in [0.15, 0.2) is 0 Å². The van der Waals surface area contributed by atoms with E-state index in [4.69, 9.17) is 28.4 Å². The summed E-state index contributed by atoms with van der Waals surface area (Å²) in [4.78, 5) is 9.09. The molecule has 0 unspecified atom stereocenters. The molecule has 0 heterocycles. The first kappa shape index (κ1) is 29.0. The number of aliphatic imine (C=N–C) groups is 2. The van der Waals surface area contributed by atoms with Crippen LogP contribution in [0.4, 0.5) is 11.4 Å². The van der Waals surface area contributed by atoms with Crippen molar-refractivity contribution in [3.8, 4) is 11.5 Å². The van der Waals surface area contributed by atoms with Gasteiger partial charge in [-0.15, -0.1) is 0 Å². The molecule has 0 saturated carbocycles.